The molecule has 0 spiro atoms. The monoisotopic (exact) mass is 770 g/mol. The van der Waals surface area contributed by atoms with Crippen LogP contribution < -0.4 is 16.2 Å². The molecule has 2 aliphatic heterocycles. The zero-order valence-electron chi connectivity index (χ0n) is 28.6. The molecule has 54 heavy (non-hydrogen) atoms. The predicted molar refractivity (Wildman–Crippen MR) is 185 cm³/mol. The first kappa shape index (κ1) is 37.1. The van der Waals surface area contributed by atoms with E-state index in [1.54, 1.807) is 44.2 Å². The molecule has 0 saturated carbocycles. The van der Waals surface area contributed by atoms with Crippen LogP contribution in [0.2, 0.25) is 0 Å². The molecule has 20 nitrogen and oxygen atoms in total. The average Bonchev–Trinajstić information content (AvgIpc) is 3.93. The van der Waals surface area contributed by atoms with Crippen molar-refractivity contribution in [1.29, 1.82) is 0 Å². The highest BCUT2D eigenvalue weighted by Crippen LogP contribution is 2.37. The molecule has 2 amide bonds. The van der Waals surface area contributed by atoms with E-state index in [2.05, 4.69) is 40.5 Å². The SMILES string of the molecule is CC(C)C(=O)Nc1nc2c(ncn2[C@@H]2O[C@H](CCS(=O)(=O)OC3[C@@H](F)[C@H](n4cnc5c(NC(=O)c6ccccc6)ncnc54)O[C@@H]3CO)C[C@H]2O)c(=O)[nH]1. The molecule has 1 unspecified atom stereocenters. The Bertz CT molecular complexity index is 2350. The van der Waals surface area contributed by atoms with Gasteiger partial charge in [0.25, 0.3) is 21.6 Å². The van der Waals surface area contributed by atoms with Crippen LogP contribution in [0, 0.1) is 5.92 Å². The molecule has 0 bridgehead atoms. The lowest BCUT2D eigenvalue weighted by Crippen LogP contribution is -2.36. The van der Waals surface area contributed by atoms with Gasteiger partial charge in [0.15, 0.2) is 46.8 Å². The van der Waals surface area contributed by atoms with E-state index in [1.165, 1.54) is 21.8 Å². The van der Waals surface area contributed by atoms with Gasteiger partial charge in [-0.15, -0.1) is 0 Å². The average molecular weight is 771 g/mol. The van der Waals surface area contributed by atoms with E-state index in [1.807, 2.05) is 0 Å². The highest BCUT2D eigenvalue weighted by molar-refractivity contribution is 7.86. The van der Waals surface area contributed by atoms with Crippen LogP contribution in [0.4, 0.5) is 16.2 Å². The summed E-state index contributed by atoms with van der Waals surface area (Å²) >= 11 is 0. The number of fused-ring (bicyclic) bond motifs is 2. The molecule has 2 aliphatic rings. The lowest BCUT2D eigenvalue weighted by atomic mass is 10.1. The van der Waals surface area contributed by atoms with Crippen LogP contribution >= 0.6 is 0 Å². The number of nitrogens with zero attached hydrogens (tertiary/aromatic N) is 7. The first-order valence-corrected chi connectivity index (χ1v) is 18.4. The molecular weight excluding hydrogens is 735 g/mol. The van der Waals surface area contributed by atoms with E-state index in [0.29, 0.717) is 5.56 Å². The Balaban J connectivity index is 1.01. The predicted octanol–water partition coefficient (Wildman–Crippen LogP) is 0.788. The Morgan fingerprint density at radius 2 is 1.76 bits per heavy atom. The van der Waals surface area contributed by atoms with Crippen LogP contribution in [0.3, 0.4) is 0 Å². The fraction of sp³-hybridized carbons (Fsp3) is 0.438. The largest absolute Gasteiger partial charge is 0.394 e. The highest BCUT2D eigenvalue weighted by atomic mass is 32.2. The highest BCUT2D eigenvalue weighted by Gasteiger charge is 2.49. The number of ether oxygens (including phenoxy) is 2. The van der Waals surface area contributed by atoms with Gasteiger partial charge in [-0.2, -0.15) is 13.4 Å². The van der Waals surface area contributed by atoms with Gasteiger partial charge in [-0.05, 0) is 18.6 Å². The van der Waals surface area contributed by atoms with Crippen LogP contribution in [-0.4, -0.2) is 112 Å². The van der Waals surface area contributed by atoms with Crippen molar-refractivity contribution < 1.29 is 46.3 Å². The number of benzene rings is 1. The van der Waals surface area contributed by atoms with E-state index < -0.39 is 88.8 Å². The van der Waals surface area contributed by atoms with Crippen molar-refractivity contribution in [2.24, 2.45) is 5.92 Å². The third kappa shape index (κ3) is 7.30. The topological polar surface area (TPSA) is 268 Å². The van der Waals surface area contributed by atoms with Gasteiger partial charge in [0.05, 0.1) is 31.1 Å². The zero-order chi connectivity index (χ0) is 38.3. The standard InChI is InChI=1S/C32H35FN10O10S/c1-15(2)27(46)40-32-39-26-22(29(48)41-32)37-14-43(26)30-18(45)10-17(51-30)8-9-54(49,50)53-23-19(11-44)52-31(20(23)33)42-13-36-21-24(34-12-35-25(21)42)38-28(47)16-6-4-3-5-7-16/h3-7,12-15,17-20,23,30-31,44-45H,8-11H2,1-2H3,(H,34,35,38,47)(H2,39,40,41,46,48)/t17-,18-,19-,20-,23?,30-,31-/m1/s1. The van der Waals surface area contributed by atoms with Crippen molar-refractivity contribution in [3.8, 4) is 0 Å². The Morgan fingerprint density at radius 3 is 2.48 bits per heavy atom. The number of hydrogen-bond donors (Lipinski definition) is 5. The normalized spacial score (nSPS) is 24.4. The fourth-order valence-corrected chi connectivity index (χ4v) is 7.39. The summed E-state index contributed by atoms with van der Waals surface area (Å²) in [5, 5.41) is 26.0. The Hall–Kier alpha value is -5.26. The number of aliphatic hydroxyl groups is 2. The number of carbonyl (C=O) groups is 2. The number of carbonyl (C=O) groups excluding carboxylic acids is 2. The second-order valence-electron chi connectivity index (χ2n) is 13.0. The second kappa shape index (κ2) is 14.9. The summed E-state index contributed by atoms with van der Waals surface area (Å²) in [5.41, 5.74) is -0.160. The maximum atomic E-state index is 16.0. The quantitative estimate of drug-likeness (QED) is 0.110. The Labute approximate surface area is 304 Å². The summed E-state index contributed by atoms with van der Waals surface area (Å²) < 4.78 is 61.8. The van der Waals surface area contributed by atoms with Gasteiger partial charge in [-0.25, -0.2) is 24.3 Å². The van der Waals surface area contributed by atoms with Gasteiger partial charge in [-0.1, -0.05) is 32.0 Å². The van der Waals surface area contributed by atoms with Gasteiger partial charge in [-0.3, -0.25) is 38.0 Å². The number of aromatic nitrogens is 8. The summed E-state index contributed by atoms with van der Waals surface area (Å²) in [7, 11) is -4.47. The molecule has 0 aliphatic carbocycles. The van der Waals surface area contributed by atoms with Crippen molar-refractivity contribution >= 4 is 56.0 Å². The van der Waals surface area contributed by atoms with E-state index >= 15 is 4.39 Å². The lowest BCUT2D eigenvalue weighted by molar-refractivity contribution is -0.118. The van der Waals surface area contributed by atoms with Gasteiger partial charge in [0, 0.05) is 17.9 Å². The second-order valence-corrected chi connectivity index (χ2v) is 14.7. The number of rotatable bonds is 12. The van der Waals surface area contributed by atoms with E-state index in [-0.39, 0.29) is 46.9 Å². The lowest BCUT2D eigenvalue weighted by Gasteiger charge is -2.19. The summed E-state index contributed by atoms with van der Waals surface area (Å²) in [6.45, 7) is 2.54. The summed E-state index contributed by atoms with van der Waals surface area (Å²) in [6.07, 6.45) is -6.50. The van der Waals surface area contributed by atoms with Crippen LogP contribution in [0.1, 0.15) is 49.5 Å². The maximum absolute atomic E-state index is 16.0. The van der Waals surface area contributed by atoms with Gasteiger partial charge < -0.3 is 25.0 Å². The van der Waals surface area contributed by atoms with Crippen molar-refractivity contribution in [3.05, 3.63) is 65.2 Å². The molecule has 286 valence electrons. The van der Waals surface area contributed by atoms with Crippen molar-refractivity contribution in [2.75, 3.05) is 23.0 Å². The number of hydrogen-bond acceptors (Lipinski definition) is 15. The molecule has 5 N–H and O–H groups in total. The number of nitrogens with one attached hydrogen (secondary N) is 3. The van der Waals surface area contributed by atoms with E-state index in [4.69, 9.17) is 13.7 Å². The maximum Gasteiger partial charge on any atom is 0.280 e. The molecule has 1 aromatic carbocycles. The molecule has 4 aromatic heterocycles. The first-order valence-electron chi connectivity index (χ1n) is 16.8. The van der Waals surface area contributed by atoms with E-state index in [9.17, 15) is 33.0 Å². The third-order valence-electron chi connectivity index (χ3n) is 8.93. The number of amides is 2. The number of imidazole rings is 2. The Morgan fingerprint density at radius 1 is 1.04 bits per heavy atom. The minimum absolute atomic E-state index is 0.0110. The van der Waals surface area contributed by atoms with Crippen LogP contribution in [-0.2, 0) is 28.6 Å². The molecule has 7 rings (SSSR count). The molecule has 5 aromatic rings. The molecule has 2 saturated heterocycles. The molecule has 7 atom stereocenters. The smallest absolute Gasteiger partial charge is 0.280 e. The van der Waals surface area contributed by atoms with Crippen LogP contribution in [0.25, 0.3) is 22.3 Å². The van der Waals surface area contributed by atoms with Crippen molar-refractivity contribution in [2.45, 2.75) is 69.7 Å². The van der Waals surface area contributed by atoms with Crippen molar-refractivity contribution in [1.82, 2.24) is 39.0 Å². The summed E-state index contributed by atoms with van der Waals surface area (Å²) in [4.78, 5) is 60.7. The number of halogens is 1. The summed E-state index contributed by atoms with van der Waals surface area (Å²) in [6, 6.07) is 8.35. The fourth-order valence-electron chi connectivity index (χ4n) is 6.17. The molecule has 0 radical (unpaired) electrons. The number of anilines is 2. The zero-order valence-corrected chi connectivity index (χ0v) is 29.5. The van der Waals surface area contributed by atoms with Crippen molar-refractivity contribution in [3.63, 3.8) is 0 Å². The minimum Gasteiger partial charge on any atom is -0.394 e. The summed E-state index contributed by atoms with van der Waals surface area (Å²) in [5.74, 6) is -1.99. The van der Waals surface area contributed by atoms with Gasteiger partial charge in [0.1, 0.15) is 24.6 Å². The van der Waals surface area contributed by atoms with Gasteiger partial charge in [0.2, 0.25) is 11.9 Å². The van der Waals surface area contributed by atoms with Crippen LogP contribution in [0.15, 0.2) is 54.1 Å². The van der Waals surface area contributed by atoms with Gasteiger partial charge >= 0.3 is 0 Å². The minimum atomic E-state index is -4.47. The molecular formula is C32H35FN10O10S. The number of aliphatic hydroxyl groups excluding tert-OH is 2. The van der Waals surface area contributed by atoms with Crippen LogP contribution in [0.5, 0.6) is 0 Å². The number of aromatic amines is 1. The first-order chi connectivity index (χ1) is 25.8. The number of alkyl halides is 1. The van der Waals surface area contributed by atoms with E-state index in [0.717, 1.165) is 6.33 Å². The molecule has 22 heteroatoms. The third-order valence-corrected chi connectivity index (χ3v) is 10.2. The Kier molecular flexibility index (Phi) is 10.2. The number of H-pyrrole nitrogens is 1. The molecule has 2 fully saturated rings. The molecule has 6 heterocycles.